The van der Waals surface area contributed by atoms with Crippen LogP contribution >= 0.6 is 0 Å². The fourth-order valence-corrected chi connectivity index (χ4v) is 0.869. The number of rotatable bonds is 3. The Morgan fingerprint density at radius 1 is 1.75 bits per heavy atom. The van der Waals surface area contributed by atoms with Crippen molar-refractivity contribution in [3.05, 3.63) is 0 Å². The molecule has 0 heterocycles. The molecule has 0 aliphatic carbocycles. The first-order valence-electron chi connectivity index (χ1n) is 2.70. The number of hydrogen-bond donors (Lipinski definition) is 1. The maximum atomic E-state index is 10.6. The van der Waals surface area contributed by atoms with Crippen LogP contribution in [0.4, 0.5) is 0 Å². The fraction of sp³-hybridized carbons (Fsp3) is 1.00. The van der Waals surface area contributed by atoms with Gasteiger partial charge in [-0.2, -0.15) is 0 Å². The summed E-state index contributed by atoms with van der Waals surface area (Å²) in [6, 6.07) is 0. The van der Waals surface area contributed by atoms with Crippen LogP contribution < -0.4 is 5.73 Å². The molecule has 0 unspecified atom stereocenters. The Morgan fingerprint density at radius 3 is 2.38 bits per heavy atom. The minimum Gasteiger partial charge on any atom is -0.330 e. The lowest BCUT2D eigenvalue weighted by Crippen LogP contribution is -2.14. The molecule has 0 amide bonds. The zero-order valence-electron chi connectivity index (χ0n) is 5.39. The fourth-order valence-electron chi connectivity index (χ4n) is 0.401. The highest BCUT2D eigenvalue weighted by Gasteiger charge is 2.02. The first-order chi connectivity index (χ1) is 3.68. The van der Waals surface area contributed by atoms with Gasteiger partial charge < -0.3 is 5.73 Å². The molecule has 0 aromatic heterocycles. The molecule has 0 saturated heterocycles. The van der Waals surface area contributed by atoms with E-state index in [9.17, 15) is 4.21 Å². The lowest BCUT2D eigenvalue weighted by molar-refractivity contribution is 0.670. The van der Waals surface area contributed by atoms with Crippen LogP contribution in [0.15, 0.2) is 0 Å². The van der Waals surface area contributed by atoms with Gasteiger partial charge >= 0.3 is 0 Å². The number of nitrogens with two attached hydrogens (primary N) is 1. The second kappa shape index (κ2) is 4.04. The van der Waals surface area contributed by atoms with E-state index in [1.807, 2.05) is 6.92 Å². The van der Waals surface area contributed by atoms with E-state index in [1.165, 1.54) is 0 Å². The lowest BCUT2D eigenvalue weighted by Gasteiger charge is -2.03. The van der Waals surface area contributed by atoms with Gasteiger partial charge in [-0.25, -0.2) is 0 Å². The van der Waals surface area contributed by atoms with Crippen molar-refractivity contribution in [2.75, 3.05) is 12.8 Å². The van der Waals surface area contributed by atoms with E-state index < -0.39 is 10.8 Å². The van der Waals surface area contributed by atoms with Gasteiger partial charge in [-0.1, -0.05) is 6.92 Å². The minimum absolute atomic E-state index is 0.264. The first kappa shape index (κ1) is 8.11. The molecule has 0 aliphatic heterocycles. The Kier molecular flexibility index (Phi) is 4.09. The van der Waals surface area contributed by atoms with E-state index in [2.05, 4.69) is 0 Å². The van der Waals surface area contributed by atoms with Gasteiger partial charge in [-0.15, -0.1) is 0 Å². The van der Waals surface area contributed by atoms with E-state index in [0.29, 0.717) is 6.54 Å². The second-order valence-corrected chi connectivity index (χ2v) is 3.69. The SMILES string of the molecule is C[C@H](CCN)[S@](C)=O. The van der Waals surface area contributed by atoms with Crippen molar-refractivity contribution in [1.29, 1.82) is 0 Å². The third-order valence-electron chi connectivity index (χ3n) is 1.14. The van der Waals surface area contributed by atoms with Crippen molar-refractivity contribution in [2.45, 2.75) is 18.6 Å². The van der Waals surface area contributed by atoms with Crippen LogP contribution in [0.5, 0.6) is 0 Å². The van der Waals surface area contributed by atoms with Crippen LogP contribution in [0.2, 0.25) is 0 Å². The van der Waals surface area contributed by atoms with Crippen LogP contribution in [0.1, 0.15) is 13.3 Å². The first-order valence-corrected chi connectivity index (χ1v) is 4.33. The summed E-state index contributed by atoms with van der Waals surface area (Å²) in [6.07, 6.45) is 2.57. The average Bonchev–Trinajstić information content (AvgIpc) is 1.67. The van der Waals surface area contributed by atoms with Gasteiger partial charge in [0, 0.05) is 22.3 Å². The van der Waals surface area contributed by atoms with Crippen molar-refractivity contribution in [3.63, 3.8) is 0 Å². The van der Waals surface area contributed by atoms with E-state index >= 15 is 0 Å². The van der Waals surface area contributed by atoms with Crippen LogP contribution in [-0.2, 0) is 10.8 Å². The smallest absolute Gasteiger partial charge is 0.0328 e. The quantitative estimate of drug-likeness (QED) is 0.596. The molecular formula is C5H13NOS. The molecule has 0 aromatic rings. The molecule has 0 saturated carbocycles. The Balaban J connectivity index is 3.32. The Bertz CT molecular complexity index is 84.5. The normalized spacial score (nSPS) is 17.9. The molecule has 0 aliphatic rings. The monoisotopic (exact) mass is 135 g/mol. The highest BCUT2D eigenvalue weighted by molar-refractivity contribution is 7.84. The predicted octanol–water partition coefficient (Wildman–Crippen LogP) is 0.102. The summed E-state index contributed by atoms with van der Waals surface area (Å²) < 4.78 is 10.6. The van der Waals surface area contributed by atoms with Crippen molar-refractivity contribution >= 4 is 10.8 Å². The van der Waals surface area contributed by atoms with E-state index in [-0.39, 0.29) is 5.25 Å². The van der Waals surface area contributed by atoms with Crippen molar-refractivity contribution in [1.82, 2.24) is 0 Å². The summed E-state index contributed by atoms with van der Waals surface area (Å²) in [5, 5.41) is 0.264. The van der Waals surface area contributed by atoms with Crippen molar-refractivity contribution in [3.8, 4) is 0 Å². The molecule has 0 fully saturated rings. The van der Waals surface area contributed by atoms with Crippen LogP contribution in [-0.4, -0.2) is 22.3 Å². The molecule has 8 heavy (non-hydrogen) atoms. The molecule has 0 bridgehead atoms. The summed E-state index contributed by atoms with van der Waals surface area (Å²) in [5.41, 5.74) is 5.23. The van der Waals surface area contributed by atoms with Gasteiger partial charge in [-0.05, 0) is 13.0 Å². The maximum absolute atomic E-state index is 10.6. The third kappa shape index (κ3) is 3.16. The number of hydrogen-bond acceptors (Lipinski definition) is 2. The minimum atomic E-state index is -0.690. The summed E-state index contributed by atoms with van der Waals surface area (Å²) in [6.45, 7) is 2.59. The Labute approximate surface area is 52.9 Å². The highest BCUT2D eigenvalue weighted by atomic mass is 32.2. The van der Waals surface area contributed by atoms with Crippen LogP contribution in [0.3, 0.4) is 0 Å². The van der Waals surface area contributed by atoms with E-state index in [4.69, 9.17) is 5.73 Å². The molecule has 50 valence electrons. The standard InChI is InChI=1S/C5H13NOS/c1-5(3-4-6)8(2)7/h5H,3-4,6H2,1-2H3/t5-,8+/m1/s1. The second-order valence-electron chi connectivity index (χ2n) is 1.89. The van der Waals surface area contributed by atoms with Gasteiger partial charge in [0.05, 0.1) is 0 Å². The van der Waals surface area contributed by atoms with Gasteiger partial charge in [0.15, 0.2) is 0 Å². The summed E-state index contributed by atoms with van der Waals surface area (Å²) in [7, 11) is -0.690. The lowest BCUT2D eigenvalue weighted by atomic mass is 10.3. The Hall–Kier alpha value is 0.110. The van der Waals surface area contributed by atoms with Crippen molar-refractivity contribution in [2.24, 2.45) is 5.73 Å². The molecule has 2 N–H and O–H groups in total. The third-order valence-corrected chi connectivity index (χ3v) is 2.51. The van der Waals surface area contributed by atoms with E-state index in [1.54, 1.807) is 6.26 Å². The molecule has 3 heteroatoms. The topological polar surface area (TPSA) is 43.1 Å². The molecule has 0 radical (unpaired) electrons. The van der Waals surface area contributed by atoms with Crippen LogP contribution in [0, 0.1) is 0 Å². The summed E-state index contributed by atoms with van der Waals surface area (Å²) in [5.74, 6) is 0. The van der Waals surface area contributed by atoms with Crippen LogP contribution in [0.25, 0.3) is 0 Å². The molecular weight excluding hydrogens is 122 g/mol. The maximum Gasteiger partial charge on any atom is 0.0328 e. The molecule has 2 atom stereocenters. The largest absolute Gasteiger partial charge is 0.330 e. The zero-order valence-corrected chi connectivity index (χ0v) is 6.20. The van der Waals surface area contributed by atoms with Gasteiger partial charge in [0.25, 0.3) is 0 Å². The predicted molar refractivity (Wildman–Crippen MR) is 37.2 cm³/mol. The van der Waals surface area contributed by atoms with Gasteiger partial charge in [0.2, 0.25) is 0 Å². The Morgan fingerprint density at radius 2 is 2.25 bits per heavy atom. The van der Waals surface area contributed by atoms with Crippen molar-refractivity contribution < 1.29 is 4.21 Å². The highest BCUT2D eigenvalue weighted by Crippen LogP contribution is 1.95. The molecule has 0 aromatic carbocycles. The zero-order chi connectivity index (χ0) is 6.57. The van der Waals surface area contributed by atoms with E-state index in [0.717, 1.165) is 6.42 Å². The average molecular weight is 135 g/mol. The van der Waals surface area contributed by atoms with Gasteiger partial charge in [0.1, 0.15) is 0 Å². The van der Waals surface area contributed by atoms with Gasteiger partial charge in [-0.3, -0.25) is 4.21 Å². The summed E-state index contributed by atoms with van der Waals surface area (Å²) in [4.78, 5) is 0. The molecule has 2 nitrogen and oxygen atoms in total. The molecule has 0 rings (SSSR count). The summed E-state index contributed by atoms with van der Waals surface area (Å²) >= 11 is 0. The molecule has 0 spiro atoms.